The van der Waals surface area contributed by atoms with Crippen molar-refractivity contribution < 1.29 is 18.8 Å². The van der Waals surface area contributed by atoms with Crippen LogP contribution in [0.25, 0.3) is 0 Å². The smallest absolute Gasteiger partial charge is 0.267 e. The second kappa shape index (κ2) is 5.75. The lowest BCUT2D eigenvalue weighted by molar-refractivity contribution is -0.142. The molecule has 7 heteroatoms. The number of likely N-dealkylation sites (tertiary alicyclic amines) is 1. The van der Waals surface area contributed by atoms with Crippen LogP contribution >= 0.6 is 0 Å². The summed E-state index contributed by atoms with van der Waals surface area (Å²) in [6.45, 7) is 0.891. The molecule has 0 N–H and O–H groups in total. The average Bonchev–Trinajstić information content (AvgIpc) is 3.19. The second-order valence-corrected chi connectivity index (χ2v) is 6.82. The Morgan fingerprint density at radius 2 is 2.00 bits per heavy atom. The first-order chi connectivity index (χ1) is 12.3. The van der Waals surface area contributed by atoms with Crippen LogP contribution in [0.3, 0.4) is 0 Å². The van der Waals surface area contributed by atoms with Gasteiger partial charge in [0, 0.05) is 12.5 Å². The maximum absolute atomic E-state index is 13.0. The number of fused-ring (bicyclic) bond motifs is 1. The molecule has 25 heavy (non-hydrogen) atoms. The van der Waals surface area contributed by atoms with Crippen LogP contribution in [-0.2, 0) is 4.79 Å². The zero-order valence-electron chi connectivity index (χ0n) is 13.8. The van der Waals surface area contributed by atoms with Crippen molar-refractivity contribution in [2.45, 2.75) is 43.7 Å². The third-order valence-corrected chi connectivity index (χ3v) is 5.00. The Kier molecular flexibility index (Phi) is 3.39. The molecule has 2 atom stereocenters. The Morgan fingerprint density at radius 1 is 1.16 bits per heavy atom. The first-order valence-corrected chi connectivity index (χ1v) is 8.82. The number of carbonyl (C=O) groups is 1. The SMILES string of the molecule is O=C(C1COc2ccccc2O1)N1CCCC1c1nc(C2CC2)no1. The number of rotatable bonds is 3. The van der Waals surface area contributed by atoms with E-state index < -0.39 is 6.10 Å². The molecule has 0 spiro atoms. The molecule has 0 bridgehead atoms. The van der Waals surface area contributed by atoms with Crippen molar-refractivity contribution in [1.82, 2.24) is 15.0 Å². The van der Waals surface area contributed by atoms with Crippen molar-refractivity contribution in [3.05, 3.63) is 36.0 Å². The molecule has 2 aliphatic heterocycles. The molecule has 3 aliphatic rings. The van der Waals surface area contributed by atoms with Gasteiger partial charge in [0.05, 0.1) is 0 Å². The Bertz CT molecular complexity index is 801. The molecule has 1 saturated heterocycles. The highest BCUT2D eigenvalue weighted by Crippen LogP contribution is 2.40. The molecule has 1 aromatic carbocycles. The van der Waals surface area contributed by atoms with E-state index in [4.69, 9.17) is 14.0 Å². The number of ether oxygens (including phenoxy) is 2. The molecule has 7 nitrogen and oxygen atoms in total. The molecule has 3 heterocycles. The summed E-state index contributed by atoms with van der Waals surface area (Å²) in [4.78, 5) is 19.3. The fraction of sp³-hybridized carbons (Fsp3) is 0.500. The second-order valence-electron chi connectivity index (χ2n) is 6.82. The van der Waals surface area contributed by atoms with Gasteiger partial charge in [-0.05, 0) is 37.8 Å². The lowest BCUT2D eigenvalue weighted by atomic mass is 10.2. The van der Waals surface area contributed by atoms with Gasteiger partial charge < -0.3 is 18.9 Å². The molecule has 130 valence electrons. The highest BCUT2D eigenvalue weighted by atomic mass is 16.6. The van der Waals surface area contributed by atoms with E-state index in [1.54, 1.807) is 4.90 Å². The summed E-state index contributed by atoms with van der Waals surface area (Å²) in [5.74, 6) is 2.97. The predicted octanol–water partition coefficient (Wildman–Crippen LogP) is 2.45. The number of carbonyl (C=O) groups excluding carboxylic acids is 1. The van der Waals surface area contributed by atoms with Gasteiger partial charge in [0.1, 0.15) is 12.6 Å². The highest BCUT2D eigenvalue weighted by molar-refractivity contribution is 5.82. The lowest BCUT2D eigenvalue weighted by Gasteiger charge is -2.30. The van der Waals surface area contributed by atoms with E-state index in [1.165, 1.54) is 0 Å². The molecule has 1 amide bonds. The predicted molar refractivity (Wildman–Crippen MR) is 86.3 cm³/mol. The maximum Gasteiger partial charge on any atom is 0.267 e. The van der Waals surface area contributed by atoms with E-state index in [9.17, 15) is 4.79 Å². The molecule has 0 radical (unpaired) electrons. The van der Waals surface area contributed by atoms with Crippen LogP contribution in [0.4, 0.5) is 0 Å². The molecule has 1 saturated carbocycles. The number of amides is 1. The fourth-order valence-electron chi connectivity index (χ4n) is 3.50. The molecular weight excluding hydrogens is 322 g/mol. The number of nitrogens with zero attached hydrogens (tertiary/aromatic N) is 3. The van der Waals surface area contributed by atoms with Gasteiger partial charge in [0.15, 0.2) is 17.3 Å². The lowest BCUT2D eigenvalue weighted by Crippen LogP contribution is -2.46. The summed E-state index contributed by atoms with van der Waals surface area (Å²) in [5.41, 5.74) is 0. The van der Waals surface area contributed by atoms with Crippen molar-refractivity contribution in [2.24, 2.45) is 0 Å². The Hall–Kier alpha value is -2.57. The highest BCUT2D eigenvalue weighted by Gasteiger charge is 2.40. The van der Waals surface area contributed by atoms with E-state index in [0.717, 1.165) is 31.5 Å². The third-order valence-electron chi connectivity index (χ3n) is 5.00. The first-order valence-electron chi connectivity index (χ1n) is 8.82. The summed E-state index contributed by atoms with van der Waals surface area (Å²) in [6, 6.07) is 7.25. The van der Waals surface area contributed by atoms with Crippen LogP contribution < -0.4 is 9.47 Å². The number of hydrogen-bond acceptors (Lipinski definition) is 6. The Labute approximate surface area is 144 Å². The molecule has 2 fully saturated rings. The van der Waals surface area contributed by atoms with Gasteiger partial charge >= 0.3 is 0 Å². The zero-order valence-corrected chi connectivity index (χ0v) is 13.8. The van der Waals surface area contributed by atoms with Crippen LogP contribution in [-0.4, -0.2) is 40.2 Å². The van der Waals surface area contributed by atoms with Gasteiger partial charge in [-0.15, -0.1) is 0 Å². The summed E-state index contributed by atoms with van der Waals surface area (Å²) in [5, 5.41) is 4.08. The van der Waals surface area contributed by atoms with Gasteiger partial charge in [-0.25, -0.2) is 0 Å². The third kappa shape index (κ3) is 2.63. The van der Waals surface area contributed by atoms with Crippen LogP contribution in [0.2, 0.25) is 0 Å². The van der Waals surface area contributed by atoms with Gasteiger partial charge in [-0.1, -0.05) is 17.3 Å². The van der Waals surface area contributed by atoms with Crippen molar-refractivity contribution in [3.63, 3.8) is 0 Å². The summed E-state index contributed by atoms with van der Waals surface area (Å²) >= 11 is 0. The Morgan fingerprint density at radius 3 is 2.84 bits per heavy atom. The fourth-order valence-corrected chi connectivity index (χ4v) is 3.50. The average molecular weight is 341 g/mol. The zero-order chi connectivity index (χ0) is 16.8. The topological polar surface area (TPSA) is 77.7 Å². The maximum atomic E-state index is 13.0. The molecule has 1 aliphatic carbocycles. The molecule has 2 aromatic rings. The monoisotopic (exact) mass is 341 g/mol. The molecule has 1 aromatic heterocycles. The van der Waals surface area contributed by atoms with E-state index in [0.29, 0.717) is 29.9 Å². The summed E-state index contributed by atoms with van der Waals surface area (Å²) < 4.78 is 17.0. The van der Waals surface area contributed by atoms with Gasteiger partial charge in [0.25, 0.3) is 5.91 Å². The van der Waals surface area contributed by atoms with Crippen molar-refractivity contribution >= 4 is 5.91 Å². The van der Waals surface area contributed by atoms with Crippen molar-refractivity contribution in [2.75, 3.05) is 13.2 Å². The Balaban J connectivity index is 1.34. The molecule has 2 unspecified atom stereocenters. The number of para-hydroxylation sites is 2. The van der Waals surface area contributed by atoms with E-state index in [-0.39, 0.29) is 18.6 Å². The van der Waals surface area contributed by atoms with Crippen LogP contribution in [0.1, 0.15) is 49.4 Å². The largest absolute Gasteiger partial charge is 0.485 e. The molecule has 5 rings (SSSR count). The van der Waals surface area contributed by atoms with E-state index in [2.05, 4.69) is 10.1 Å². The van der Waals surface area contributed by atoms with Gasteiger partial charge in [-0.2, -0.15) is 4.98 Å². The minimum Gasteiger partial charge on any atom is -0.485 e. The number of benzene rings is 1. The van der Waals surface area contributed by atoms with Crippen LogP contribution in [0.15, 0.2) is 28.8 Å². The standard InChI is InChI=1S/C18H19N3O4/c22-18(15-10-23-13-5-1-2-6-14(13)24-15)21-9-3-4-12(21)17-19-16(20-25-17)11-7-8-11/h1-2,5-6,11-12,15H,3-4,7-10H2. The number of aromatic nitrogens is 2. The molecular formula is C18H19N3O4. The van der Waals surface area contributed by atoms with Gasteiger partial charge in [0.2, 0.25) is 12.0 Å². The van der Waals surface area contributed by atoms with Crippen molar-refractivity contribution in [3.8, 4) is 11.5 Å². The minimum absolute atomic E-state index is 0.0804. The van der Waals surface area contributed by atoms with Crippen LogP contribution in [0.5, 0.6) is 11.5 Å². The first kappa shape index (κ1) is 14.7. The van der Waals surface area contributed by atoms with E-state index >= 15 is 0 Å². The number of hydrogen-bond donors (Lipinski definition) is 0. The summed E-state index contributed by atoms with van der Waals surface area (Å²) in [6.07, 6.45) is 3.36. The van der Waals surface area contributed by atoms with Gasteiger partial charge in [-0.3, -0.25) is 4.79 Å². The normalized spacial score (nSPS) is 25.2. The summed E-state index contributed by atoms with van der Waals surface area (Å²) in [7, 11) is 0. The minimum atomic E-state index is -0.638. The quantitative estimate of drug-likeness (QED) is 0.853. The van der Waals surface area contributed by atoms with Crippen molar-refractivity contribution in [1.29, 1.82) is 0 Å². The van der Waals surface area contributed by atoms with Crippen LogP contribution in [0, 0.1) is 0 Å². The van der Waals surface area contributed by atoms with E-state index in [1.807, 2.05) is 24.3 Å².